The van der Waals surface area contributed by atoms with Crippen LogP contribution in [-0.4, -0.2) is 13.1 Å². The molecule has 0 bridgehead atoms. The molecule has 1 heterocycles. The van der Waals surface area contributed by atoms with Crippen LogP contribution in [0.25, 0.3) is 0 Å². The lowest BCUT2D eigenvalue weighted by atomic mass is 9.95. The Morgan fingerprint density at radius 2 is 2.44 bits per heavy atom. The molecule has 0 aromatic rings. The molecule has 1 saturated heterocycles. The third kappa shape index (κ3) is 2.35. The second-order valence-electron chi connectivity index (χ2n) is 2.93. The fraction of sp³-hybridized carbons (Fsp3) is 1.00. The molecular weight excluding hydrogens is 110 g/mol. The molecule has 1 unspecified atom stereocenters. The van der Waals surface area contributed by atoms with E-state index in [-0.39, 0.29) is 0 Å². The lowest BCUT2D eigenvalue weighted by molar-refractivity contribution is 0.350. The standard InChI is InChI=1S/C8H16N/c1-2-4-8-5-3-6-9-7-8/h8H,2-7H2,1H3. The van der Waals surface area contributed by atoms with E-state index < -0.39 is 0 Å². The lowest BCUT2D eigenvalue weighted by Gasteiger charge is -2.20. The molecule has 1 atom stereocenters. The Morgan fingerprint density at radius 3 is 3.00 bits per heavy atom. The molecule has 0 aromatic carbocycles. The summed E-state index contributed by atoms with van der Waals surface area (Å²) in [6, 6.07) is 0. The van der Waals surface area contributed by atoms with Gasteiger partial charge in [0.05, 0.1) is 0 Å². The van der Waals surface area contributed by atoms with E-state index >= 15 is 0 Å². The largest absolute Gasteiger partial charge is 0.242 e. The van der Waals surface area contributed by atoms with Crippen molar-refractivity contribution in [3.63, 3.8) is 0 Å². The second-order valence-corrected chi connectivity index (χ2v) is 2.93. The molecule has 1 nitrogen and oxygen atoms in total. The fourth-order valence-electron chi connectivity index (χ4n) is 1.50. The van der Waals surface area contributed by atoms with Gasteiger partial charge in [-0.3, -0.25) is 0 Å². The van der Waals surface area contributed by atoms with Crippen molar-refractivity contribution in [2.45, 2.75) is 32.6 Å². The fourth-order valence-corrected chi connectivity index (χ4v) is 1.50. The van der Waals surface area contributed by atoms with Crippen LogP contribution < -0.4 is 5.32 Å². The molecular formula is C8H16N. The van der Waals surface area contributed by atoms with Crippen molar-refractivity contribution >= 4 is 0 Å². The molecule has 1 radical (unpaired) electrons. The molecule has 0 amide bonds. The van der Waals surface area contributed by atoms with Gasteiger partial charge in [0.1, 0.15) is 0 Å². The Morgan fingerprint density at radius 1 is 1.56 bits per heavy atom. The van der Waals surface area contributed by atoms with Crippen molar-refractivity contribution in [1.82, 2.24) is 5.32 Å². The predicted molar refractivity (Wildman–Crippen MR) is 39.5 cm³/mol. The third-order valence-corrected chi connectivity index (χ3v) is 2.01. The monoisotopic (exact) mass is 126 g/mol. The summed E-state index contributed by atoms with van der Waals surface area (Å²) in [6.07, 6.45) is 5.49. The molecule has 53 valence electrons. The summed E-state index contributed by atoms with van der Waals surface area (Å²) >= 11 is 0. The Labute approximate surface area is 57.8 Å². The Bertz CT molecular complexity index is 62.2. The van der Waals surface area contributed by atoms with Crippen molar-refractivity contribution in [3.8, 4) is 0 Å². The van der Waals surface area contributed by atoms with Crippen LogP contribution in [0.1, 0.15) is 32.6 Å². The highest BCUT2D eigenvalue weighted by molar-refractivity contribution is 4.67. The minimum Gasteiger partial charge on any atom is -0.242 e. The van der Waals surface area contributed by atoms with Crippen LogP contribution in [0.5, 0.6) is 0 Å². The molecule has 9 heavy (non-hydrogen) atoms. The molecule has 1 fully saturated rings. The molecule has 1 rings (SSSR count). The predicted octanol–water partition coefficient (Wildman–Crippen LogP) is 1.80. The molecule has 0 saturated carbocycles. The zero-order chi connectivity index (χ0) is 6.53. The van der Waals surface area contributed by atoms with Gasteiger partial charge in [-0.25, -0.2) is 5.32 Å². The Balaban J connectivity index is 2.08. The van der Waals surface area contributed by atoms with Crippen LogP contribution in [0, 0.1) is 5.92 Å². The molecule has 0 aromatic heterocycles. The maximum Gasteiger partial charge on any atom is 0.0161 e. The smallest absolute Gasteiger partial charge is 0.0161 e. The summed E-state index contributed by atoms with van der Waals surface area (Å²) in [5, 5.41) is 4.38. The van der Waals surface area contributed by atoms with Crippen LogP contribution in [0.3, 0.4) is 0 Å². The van der Waals surface area contributed by atoms with Gasteiger partial charge in [0.25, 0.3) is 0 Å². The van der Waals surface area contributed by atoms with Gasteiger partial charge in [-0.1, -0.05) is 13.3 Å². The van der Waals surface area contributed by atoms with Gasteiger partial charge in [-0.05, 0) is 25.2 Å². The van der Waals surface area contributed by atoms with E-state index in [4.69, 9.17) is 0 Å². The average Bonchev–Trinajstić information content (AvgIpc) is 1.91. The molecule has 0 spiro atoms. The highest BCUT2D eigenvalue weighted by atomic mass is 14.9. The first-order chi connectivity index (χ1) is 4.43. The first kappa shape index (κ1) is 7.07. The number of nitrogens with zero attached hydrogens (tertiary/aromatic N) is 1. The van der Waals surface area contributed by atoms with Crippen LogP contribution in [0.2, 0.25) is 0 Å². The van der Waals surface area contributed by atoms with Gasteiger partial charge in [0.15, 0.2) is 0 Å². The lowest BCUT2D eigenvalue weighted by Crippen LogP contribution is -2.23. The van der Waals surface area contributed by atoms with Gasteiger partial charge in [-0.15, -0.1) is 0 Å². The third-order valence-electron chi connectivity index (χ3n) is 2.01. The highest BCUT2D eigenvalue weighted by Gasteiger charge is 2.11. The number of piperidine rings is 1. The van der Waals surface area contributed by atoms with E-state index in [0.29, 0.717) is 0 Å². The van der Waals surface area contributed by atoms with Gasteiger partial charge in [-0.2, -0.15) is 0 Å². The van der Waals surface area contributed by atoms with E-state index in [0.717, 1.165) is 19.0 Å². The average molecular weight is 126 g/mol. The summed E-state index contributed by atoms with van der Waals surface area (Å²) in [4.78, 5) is 0. The Kier molecular flexibility index (Phi) is 3.05. The summed E-state index contributed by atoms with van der Waals surface area (Å²) in [5.74, 6) is 0.934. The number of hydrogen-bond donors (Lipinski definition) is 0. The van der Waals surface area contributed by atoms with E-state index in [1.165, 1.54) is 25.7 Å². The van der Waals surface area contributed by atoms with Crippen LogP contribution >= 0.6 is 0 Å². The molecule has 0 N–H and O–H groups in total. The molecule has 1 heteroatoms. The van der Waals surface area contributed by atoms with Gasteiger partial charge in [0, 0.05) is 13.1 Å². The summed E-state index contributed by atoms with van der Waals surface area (Å²) in [7, 11) is 0. The number of hydrogen-bond acceptors (Lipinski definition) is 0. The molecule has 1 aliphatic heterocycles. The summed E-state index contributed by atoms with van der Waals surface area (Å²) < 4.78 is 0. The minimum atomic E-state index is 0.934. The summed E-state index contributed by atoms with van der Waals surface area (Å²) in [5.41, 5.74) is 0. The number of rotatable bonds is 2. The summed E-state index contributed by atoms with van der Waals surface area (Å²) in [6.45, 7) is 4.53. The van der Waals surface area contributed by atoms with Crippen molar-refractivity contribution < 1.29 is 0 Å². The van der Waals surface area contributed by atoms with Crippen molar-refractivity contribution in [3.05, 3.63) is 0 Å². The maximum atomic E-state index is 4.38. The van der Waals surface area contributed by atoms with Gasteiger partial charge in [0.2, 0.25) is 0 Å². The zero-order valence-electron chi connectivity index (χ0n) is 6.27. The van der Waals surface area contributed by atoms with Crippen molar-refractivity contribution in [2.75, 3.05) is 13.1 Å². The van der Waals surface area contributed by atoms with E-state index in [2.05, 4.69) is 12.2 Å². The Hall–Kier alpha value is -0.0400. The van der Waals surface area contributed by atoms with E-state index in [9.17, 15) is 0 Å². The zero-order valence-corrected chi connectivity index (χ0v) is 6.27. The first-order valence-electron chi connectivity index (χ1n) is 4.06. The van der Waals surface area contributed by atoms with E-state index in [1.54, 1.807) is 0 Å². The molecule has 1 aliphatic rings. The molecule has 0 aliphatic carbocycles. The maximum absolute atomic E-state index is 4.38. The van der Waals surface area contributed by atoms with Gasteiger partial charge < -0.3 is 0 Å². The van der Waals surface area contributed by atoms with Crippen LogP contribution in [0.4, 0.5) is 0 Å². The normalized spacial score (nSPS) is 28.3. The van der Waals surface area contributed by atoms with Crippen molar-refractivity contribution in [2.24, 2.45) is 5.92 Å². The second kappa shape index (κ2) is 3.89. The topological polar surface area (TPSA) is 14.1 Å². The first-order valence-corrected chi connectivity index (χ1v) is 4.06. The van der Waals surface area contributed by atoms with Crippen molar-refractivity contribution in [1.29, 1.82) is 0 Å². The van der Waals surface area contributed by atoms with Crippen LogP contribution in [-0.2, 0) is 0 Å². The minimum absolute atomic E-state index is 0.934. The van der Waals surface area contributed by atoms with Crippen LogP contribution in [0.15, 0.2) is 0 Å². The quantitative estimate of drug-likeness (QED) is 0.535. The van der Waals surface area contributed by atoms with Gasteiger partial charge >= 0.3 is 0 Å². The highest BCUT2D eigenvalue weighted by Crippen LogP contribution is 2.15. The van der Waals surface area contributed by atoms with E-state index in [1.807, 2.05) is 0 Å². The SMILES string of the molecule is CCCC1CCC[N]C1.